The zero-order chi connectivity index (χ0) is 14.0. The van der Waals surface area contributed by atoms with Gasteiger partial charge in [-0.15, -0.1) is 0 Å². The molecule has 2 aromatic rings. The molecule has 0 unspecified atom stereocenters. The van der Waals surface area contributed by atoms with E-state index in [1.54, 1.807) is 0 Å². The normalized spacial score (nSPS) is 10.2. The van der Waals surface area contributed by atoms with Gasteiger partial charge in [-0.3, -0.25) is 4.79 Å². The molecule has 19 heavy (non-hydrogen) atoms. The fourth-order valence-electron chi connectivity index (χ4n) is 1.80. The van der Waals surface area contributed by atoms with E-state index in [1.165, 1.54) is 4.68 Å². The molecule has 5 heteroatoms. The van der Waals surface area contributed by atoms with Crippen LogP contribution < -0.4 is 5.56 Å². The van der Waals surface area contributed by atoms with Crippen LogP contribution in [0.3, 0.4) is 0 Å². The second-order valence-electron chi connectivity index (χ2n) is 4.35. The molecule has 96 valence electrons. The van der Waals surface area contributed by atoms with Crippen LogP contribution >= 0.6 is 0 Å². The zero-order valence-corrected chi connectivity index (χ0v) is 10.7. The monoisotopic (exact) mass is 255 g/mol. The van der Waals surface area contributed by atoms with E-state index in [9.17, 15) is 9.90 Å². The Morgan fingerprint density at radius 3 is 2.79 bits per heavy atom. The molecule has 2 rings (SSSR count). The zero-order valence-electron chi connectivity index (χ0n) is 10.7. The summed E-state index contributed by atoms with van der Waals surface area (Å²) in [5, 5.41) is 22.3. The number of nitriles is 1. The number of hydrogen-bond donors (Lipinski definition) is 1. The van der Waals surface area contributed by atoms with E-state index >= 15 is 0 Å². The van der Waals surface area contributed by atoms with E-state index in [0.717, 1.165) is 17.2 Å². The molecular formula is C14H13N3O2. The maximum absolute atomic E-state index is 11.9. The minimum Gasteiger partial charge on any atom is -0.506 e. The second kappa shape index (κ2) is 4.94. The lowest BCUT2D eigenvalue weighted by atomic mass is 10.1. The number of rotatable bonds is 2. The maximum atomic E-state index is 11.9. The lowest BCUT2D eigenvalue weighted by Crippen LogP contribution is -2.22. The lowest BCUT2D eigenvalue weighted by Gasteiger charge is -2.10. The third-order valence-corrected chi connectivity index (χ3v) is 2.82. The quantitative estimate of drug-likeness (QED) is 0.884. The van der Waals surface area contributed by atoms with Crippen molar-refractivity contribution in [3.05, 3.63) is 51.4 Å². The molecule has 0 saturated carbocycles. The first-order chi connectivity index (χ1) is 9.02. The molecule has 1 heterocycles. The van der Waals surface area contributed by atoms with Gasteiger partial charge >= 0.3 is 0 Å². The van der Waals surface area contributed by atoms with E-state index in [-0.39, 0.29) is 17.9 Å². The Kier molecular flexibility index (Phi) is 3.34. The van der Waals surface area contributed by atoms with Crippen LogP contribution in [0.5, 0.6) is 5.75 Å². The molecule has 0 spiro atoms. The second-order valence-corrected chi connectivity index (χ2v) is 4.35. The van der Waals surface area contributed by atoms with E-state index in [4.69, 9.17) is 5.26 Å². The van der Waals surface area contributed by atoms with E-state index in [2.05, 4.69) is 5.10 Å². The van der Waals surface area contributed by atoms with Gasteiger partial charge in [-0.2, -0.15) is 15.0 Å². The average Bonchev–Trinajstić information content (AvgIpc) is 2.36. The van der Waals surface area contributed by atoms with Crippen LogP contribution in [0, 0.1) is 25.2 Å². The van der Waals surface area contributed by atoms with Gasteiger partial charge in [0.05, 0.1) is 18.2 Å². The van der Waals surface area contributed by atoms with Crippen molar-refractivity contribution < 1.29 is 5.11 Å². The molecule has 0 radical (unpaired) electrons. The molecule has 0 saturated heterocycles. The Balaban J connectivity index is 2.69. The number of hydrogen-bond acceptors (Lipinski definition) is 4. The molecule has 0 bridgehead atoms. The Labute approximate surface area is 110 Å². The number of aromatic hydroxyl groups is 1. The molecule has 5 nitrogen and oxygen atoms in total. The molecule has 0 atom stereocenters. The number of benzene rings is 1. The van der Waals surface area contributed by atoms with Gasteiger partial charge in [0.2, 0.25) is 0 Å². The molecule has 0 aliphatic heterocycles. The predicted octanol–water partition coefficient (Wildman–Crippen LogP) is 1.62. The van der Waals surface area contributed by atoms with Crippen LogP contribution in [-0.2, 0) is 6.42 Å². The maximum Gasteiger partial charge on any atom is 0.275 e. The van der Waals surface area contributed by atoms with Crippen LogP contribution in [0.15, 0.2) is 29.1 Å². The minimum absolute atomic E-state index is 0.0447. The summed E-state index contributed by atoms with van der Waals surface area (Å²) in [6.45, 7) is 3.80. The fourth-order valence-corrected chi connectivity index (χ4v) is 1.80. The van der Waals surface area contributed by atoms with Gasteiger partial charge < -0.3 is 5.11 Å². The van der Waals surface area contributed by atoms with E-state index in [0.29, 0.717) is 5.69 Å². The van der Waals surface area contributed by atoms with Crippen molar-refractivity contribution in [3.8, 4) is 17.5 Å². The van der Waals surface area contributed by atoms with Gasteiger partial charge in [-0.05, 0) is 31.0 Å². The highest BCUT2D eigenvalue weighted by Gasteiger charge is 2.10. The average molecular weight is 255 g/mol. The summed E-state index contributed by atoms with van der Waals surface area (Å²) in [6.07, 6.45) is -0.0447. The summed E-state index contributed by atoms with van der Waals surface area (Å²) in [7, 11) is 0. The van der Waals surface area contributed by atoms with Crippen molar-refractivity contribution in [3.63, 3.8) is 0 Å². The molecule has 0 aliphatic rings. The topological polar surface area (TPSA) is 78.9 Å². The molecule has 1 aromatic heterocycles. The van der Waals surface area contributed by atoms with Crippen LogP contribution in [-0.4, -0.2) is 14.9 Å². The van der Waals surface area contributed by atoms with Crippen molar-refractivity contribution >= 4 is 0 Å². The smallest absolute Gasteiger partial charge is 0.275 e. The first kappa shape index (κ1) is 12.8. The van der Waals surface area contributed by atoms with Gasteiger partial charge in [-0.1, -0.05) is 12.1 Å². The third kappa shape index (κ3) is 2.47. The summed E-state index contributed by atoms with van der Waals surface area (Å²) < 4.78 is 1.22. The van der Waals surface area contributed by atoms with Crippen molar-refractivity contribution in [2.45, 2.75) is 20.3 Å². The van der Waals surface area contributed by atoms with Crippen molar-refractivity contribution in [1.29, 1.82) is 5.26 Å². The van der Waals surface area contributed by atoms with E-state index < -0.39 is 5.56 Å². The number of nitrogens with zero attached hydrogens (tertiary/aromatic N) is 3. The third-order valence-electron chi connectivity index (χ3n) is 2.82. The summed E-state index contributed by atoms with van der Waals surface area (Å²) in [4.78, 5) is 11.9. The van der Waals surface area contributed by atoms with Crippen LogP contribution in [0.4, 0.5) is 0 Å². The Hall–Kier alpha value is -2.61. The summed E-state index contributed by atoms with van der Waals surface area (Å²) in [6, 6.07) is 8.68. The number of aryl methyl sites for hydroxylation is 2. The highest BCUT2D eigenvalue weighted by Crippen LogP contribution is 2.16. The Bertz CT molecular complexity index is 726. The molecular weight excluding hydrogens is 242 g/mol. The van der Waals surface area contributed by atoms with Gasteiger partial charge in [0.15, 0.2) is 0 Å². The molecule has 0 amide bonds. The van der Waals surface area contributed by atoms with Crippen molar-refractivity contribution in [2.24, 2.45) is 0 Å². The highest BCUT2D eigenvalue weighted by molar-refractivity contribution is 5.43. The summed E-state index contributed by atoms with van der Waals surface area (Å²) in [5.74, 6) is -0.242. The predicted molar refractivity (Wildman–Crippen MR) is 70.3 cm³/mol. The van der Waals surface area contributed by atoms with E-state index in [1.807, 2.05) is 38.1 Å². The largest absolute Gasteiger partial charge is 0.506 e. The first-order valence-electron chi connectivity index (χ1n) is 5.79. The van der Waals surface area contributed by atoms with Crippen molar-refractivity contribution in [1.82, 2.24) is 9.78 Å². The number of aromatic nitrogens is 2. The van der Waals surface area contributed by atoms with Crippen molar-refractivity contribution in [2.75, 3.05) is 0 Å². The fraction of sp³-hybridized carbons (Fsp3) is 0.214. The van der Waals surface area contributed by atoms with Gasteiger partial charge in [0.1, 0.15) is 11.4 Å². The molecule has 1 N–H and O–H groups in total. The van der Waals surface area contributed by atoms with Gasteiger partial charge in [0, 0.05) is 6.07 Å². The van der Waals surface area contributed by atoms with Crippen LogP contribution in [0.25, 0.3) is 5.69 Å². The SMILES string of the molecule is Cc1ccc(C)c(-n2nc(CC#N)c(O)cc2=O)c1. The highest BCUT2D eigenvalue weighted by atomic mass is 16.3. The van der Waals surface area contributed by atoms with Crippen LogP contribution in [0.1, 0.15) is 16.8 Å². The Morgan fingerprint density at radius 1 is 1.37 bits per heavy atom. The lowest BCUT2D eigenvalue weighted by molar-refractivity contribution is 0.459. The first-order valence-corrected chi connectivity index (χ1v) is 5.79. The van der Waals surface area contributed by atoms with Gasteiger partial charge in [-0.25, -0.2) is 0 Å². The molecule has 1 aromatic carbocycles. The molecule has 0 fully saturated rings. The standard InChI is InChI=1S/C14H13N3O2/c1-9-3-4-10(2)12(7-9)17-14(19)8-13(18)11(16-17)5-6-15/h3-4,7-8,18H,5H2,1-2H3. The Morgan fingerprint density at radius 2 is 2.11 bits per heavy atom. The van der Waals surface area contributed by atoms with Crippen LogP contribution in [0.2, 0.25) is 0 Å². The van der Waals surface area contributed by atoms with Gasteiger partial charge in [0.25, 0.3) is 5.56 Å². The molecule has 0 aliphatic carbocycles. The summed E-state index contributed by atoms with van der Waals surface area (Å²) in [5.41, 5.74) is 2.33. The summed E-state index contributed by atoms with van der Waals surface area (Å²) >= 11 is 0. The minimum atomic E-state index is -0.423.